The normalized spacial score (nSPS) is 26.7. The van der Waals surface area contributed by atoms with E-state index in [1.807, 2.05) is 6.08 Å². The fourth-order valence-corrected chi connectivity index (χ4v) is 1.76. The van der Waals surface area contributed by atoms with Gasteiger partial charge in [0.25, 0.3) is 0 Å². The van der Waals surface area contributed by atoms with Crippen molar-refractivity contribution in [2.45, 2.75) is 25.8 Å². The zero-order valence-electron chi connectivity index (χ0n) is 8.20. The van der Waals surface area contributed by atoms with Crippen molar-refractivity contribution >= 4 is 5.91 Å². The van der Waals surface area contributed by atoms with Crippen LogP contribution >= 0.6 is 0 Å². The summed E-state index contributed by atoms with van der Waals surface area (Å²) in [5.41, 5.74) is 5.28. The van der Waals surface area contributed by atoms with Crippen molar-refractivity contribution in [3.63, 3.8) is 0 Å². The van der Waals surface area contributed by atoms with Gasteiger partial charge >= 0.3 is 0 Å². The van der Waals surface area contributed by atoms with E-state index in [0.29, 0.717) is 6.04 Å². The maximum atomic E-state index is 11.0. The van der Waals surface area contributed by atoms with E-state index in [1.54, 1.807) is 0 Å². The first-order valence-corrected chi connectivity index (χ1v) is 4.81. The molecule has 0 spiro atoms. The summed E-state index contributed by atoms with van der Waals surface area (Å²) in [6, 6.07) is 0.349. The summed E-state index contributed by atoms with van der Waals surface area (Å²) in [6.45, 7) is 7.69. The third-order valence-electron chi connectivity index (χ3n) is 2.77. The van der Waals surface area contributed by atoms with E-state index in [1.165, 1.54) is 0 Å². The summed E-state index contributed by atoms with van der Waals surface area (Å²) < 4.78 is 0. The minimum Gasteiger partial charge on any atom is -0.369 e. The number of primary amides is 1. The number of rotatable bonds is 3. The van der Waals surface area contributed by atoms with Crippen molar-refractivity contribution in [2.24, 2.45) is 11.7 Å². The second kappa shape index (κ2) is 4.42. The maximum absolute atomic E-state index is 11.0. The molecule has 1 aliphatic rings. The third-order valence-corrected chi connectivity index (χ3v) is 2.77. The van der Waals surface area contributed by atoms with Gasteiger partial charge in [0, 0.05) is 12.6 Å². The summed E-state index contributed by atoms with van der Waals surface area (Å²) in [5.74, 6) is -0.128. The molecule has 0 saturated carbocycles. The highest BCUT2D eigenvalue weighted by Crippen LogP contribution is 2.18. The molecule has 1 aliphatic heterocycles. The van der Waals surface area contributed by atoms with Crippen molar-refractivity contribution < 1.29 is 4.79 Å². The summed E-state index contributed by atoms with van der Waals surface area (Å²) in [6.07, 6.45) is 3.91. The largest absolute Gasteiger partial charge is 0.369 e. The molecule has 13 heavy (non-hydrogen) atoms. The molecule has 1 fully saturated rings. The first-order valence-electron chi connectivity index (χ1n) is 4.81. The van der Waals surface area contributed by atoms with Crippen LogP contribution in [0, 0.1) is 5.92 Å². The van der Waals surface area contributed by atoms with E-state index in [4.69, 9.17) is 5.73 Å². The fourth-order valence-electron chi connectivity index (χ4n) is 1.76. The van der Waals surface area contributed by atoms with Crippen LogP contribution in [-0.4, -0.2) is 29.9 Å². The Bertz CT molecular complexity index is 203. The molecule has 1 rings (SSSR count). The molecule has 0 aromatic heterocycles. The molecule has 0 aromatic carbocycles. The van der Waals surface area contributed by atoms with Gasteiger partial charge in [-0.2, -0.15) is 0 Å². The first kappa shape index (κ1) is 10.3. The van der Waals surface area contributed by atoms with Gasteiger partial charge in [-0.15, -0.1) is 6.58 Å². The number of likely N-dealkylation sites (tertiary alicyclic amines) is 1. The Hall–Kier alpha value is -0.830. The predicted molar refractivity (Wildman–Crippen MR) is 53.2 cm³/mol. The van der Waals surface area contributed by atoms with Gasteiger partial charge in [-0.05, 0) is 26.3 Å². The number of carbonyl (C=O) groups is 1. The van der Waals surface area contributed by atoms with Gasteiger partial charge in [0.15, 0.2) is 0 Å². The van der Waals surface area contributed by atoms with Crippen LogP contribution < -0.4 is 5.73 Å². The molecule has 1 amide bonds. The average Bonchev–Trinajstić information content (AvgIpc) is 2.17. The number of nitrogens with zero attached hydrogens (tertiary/aromatic N) is 1. The van der Waals surface area contributed by atoms with Gasteiger partial charge in [0.2, 0.25) is 5.91 Å². The Kier molecular flexibility index (Phi) is 3.48. The van der Waals surface area contributed by atoms with Crippen molar-refractivity contribution in [1.29, 1.82) is 0 Å². The van der Waals surface area contributed by atoms with Crippen LogP contribution in [0.2, 0.25) is 0 Å². The van der Waals surface area contributed by atoms with Crippen LogP contribution in [0.25, 0.3) is 0 Å². The molecule has 0 bridgehead atoms. The van der Waals surface area contributed by atoms with Crippen LogP contribution in [-0.2, 0) is 4.79 Å². The van der Waals surface area contributed by atoms with Gasteiger partial charge in [-0.1, -0.05) is 6.08 Å². The quantitative estimate of drug-likeness (QED) is 0.655. The molecule has 1 heterocycles. The Morgan fingerprint density at radius 2 is 2.46 bits per heavy atom. The summed E-state index contributed by atoms with van der Waals surface area (Å²) >= 11 is 0. The lowest BCUT2D eigenvalue weighted by atomic mass is 9.96. The van der Waals surface area contributed by atoms with E-state index >= 15 is 0 Å². The molecule has 0 aliphatic carbocycles. The van der Waals surface area contributed by atoms with E-state index in [2.05, 4.69) is 18.4 Å². The summed E-state index contributed by atoms with van der Waals surface area (Å²) in [5, 5.41) is 0. The summed E-state index contributed by atoms with van der Waals surface area (Å²) in [7, 11) is 0. The second-order valence-electron chi connectivity index (χ2n) is 3.71. The third kappa shape index (κ3) is 2.56. The molecule has 2 unspecified atom stereocenters. The fraction of sp³-hybridized carbons (Fsp3) is 0.700. The number of amides is 1. The molecule has 2 N–H and O–H groups in total. The molecule has 0 aromatic rings. The molecule has 0 radical (unpaired) electrons. The lowest BCUT2D eigenvalue weighted by Gasteiger charge is -2.34. The van der Waals surface area contributed by atoms with E-state index < -0.39 is 0 Å². The zero-order chi connectivity index (χ0) is 9.84. The zero-order valence-corrected chi connectivity index (χ0v) is 8.20. The molecule has 3 heteroatoms. The minimum absolute atomic E-state index is 0.0381. The molecule has 2 atom stereocenters. The topological polar surface area (TPSA) is 46.3 Å². The molecular weight excluding hydrogens is 164 g/mol. The average molecular weight is 182 g/mol. The highest BCUT2D eigenvalue weighted by atomic mass is 16.1. The Balaban J connectivity index is 2.50. The highest BCUT2D eigenvalue weighted by molar-refractivity contribution is 5.76. The van der Waals surface area contributed by atoms with E-state index in [-0.39, 0.29) is 11.8 Å². The standard InChI is InChI=1S/C10H18N2O/c1-3-8(2)12-6-4-5-9(7-12)10(11)13/h3,8-9H,1,4-7H2,2H3,(H2,11,13). The number of piperidine rings is 1. The van der Waals surface area contributed by atoms with Crippen molar-refractivity contribution in [3.8, 4) is 0 Å². The van der Waals surface area contributed by atoms with E-state index in [0.717, 1.165) is 25.9 Å². The first-order chi connectivity index (χ1) is 6.15. The predicted octanol–water partition coefficient (Wildman–Crippen LogP) is 0.758. The molecular formula is C10H18N2O. The molecule has 3 nitrogen and oxygen atoms in total. The SMILES string of the molecule is C=CC(C)N1CCCC(C(N)=O)C1. The Labute approximate surface area is 79.6 Å². The smallest absolute Gasteiger partial charge is 0.221 e. The van der Waals surface area contributed by atoms with Gasteiger partial charge < -0.3 is 5.73 Å². The lowest BCUT2D eigenvalue weighted by molar-refractivity contribution is -0.123. The summed E-state index contributed by atoms with van der Waals surface area (Å²) in [4.78, 5) is 13.2. The number of hydrogen-bond donors (Lipinski definition) is 1. The van der Waals surface area contributed by atoms with Crippen LogP contribution in [0.3, 0.4) is 0 Å². The van der Waals surface area contributed by atoms with E-state index in [9.17, 15) is 4.79 Å². The number of carbonyl (C=O) groups excluding carboxylic acids is 1. The van der Waals surface area contributed by atoms with Crippen LogP contribution in [0.4, 0.5) is 0 Å². The minimum atomic E-state index is -0.166. The van der Waals surface area contributed by atoms with Crippen molar-refractivity contribution in [2.75, 3.05) is 13.1 Å². The van der Waals surface area contributed by atoms with Crippen LogP contribution in [0.1, 0.15) is 19.8 Å². The lowest BCUT2D eigenvalue weighted by Crippen LogP contribution is -2.44. The van der Waals surface area contributed by atoms with Gasteiger partial charge in [-0.3, -0.25) is 9.69 Å². The second-order valence-corrected chi connectivity index (χ2v) is 3.71. The highest BCUT2D eigenvalue weighted by Gasteiger charge is 2.25. The van der Waals surface area contributed by atoms with Crippen LogP contribution in [0.15, 0.2) is 12.7 Å². The Morgan fingerprint density at radius 3 is 3.00 bits per heavy atom. The van der Waals surface area contributed by atoms with Crippen LogP contribution in [0.5, 0.6) is 0 Å². The number of nitrogens with two attached hydrogens (primary N) is 1. The molecule has 1 saturated heterocycles. The Morgan fingerprint density at radius 1 is 1.77 bits per heavy atom. The molecule has 74 valence electrons. The maximum Gasteiger partial charge on any atom is 0.221 e. The van der Waals surface area contributed by atoms with Crippen molar-refractivity contribution in [1.82, 2.24) is 4.90 Å². The number of hydrogen-bond acceptors (Lipinski definition) is 2. The van der Waals surface area contributed by atoms with Gasteiger partial charge in [0.05, 0.1) is 5.92 Å². The van der Waals surface area contributed by atoms with Gasteiger partial charge in [-0.25, -0.2) is 0 Å². The monoisotopic (exact) mass is 182 g/mol. The van der Waals surface area contributed by atoms with Gasteiger partial charge in [0.1, 0.15) is 0 Å². The van der Waals surface area contributed by atoms with Crippen molar-refractivity contribution in [3.05, 3.63) is 12.7 Å².